The smallest absolute Gasteiger partial charge is 0.254 e. The van der Waals surface area contributed by atoms with Crippen LogP contribution in [-0.2, 0) is 11.2 Å². The van der Waals surface area contributed by atoms with Crippen molar-refractivity contribution in [2.24, 2.45) is 0 Å². The van der Waals surface area contributed by atoms with Crippen LogP contribution in [0.2, 0.25) is 0 Å². The highest BCUT2D eigenvalue weighted by Crippen LogP contribution is 2.46. The van der Waals surface area contributed by atoms with Crippen molar-refractivity contribution < 1.29 is 28.5 Å². The molecule has 1 aromatic heterocycles. The zero-order valence-corrected chi connectivity index (χ0v) is 23.2. The van der Waals surface area contributed by atoms with Crippen LogP contribution in [0.4, 0.5) is 0 Å². The first kappa shape index (κ1) is 27.3. The van der Waals surface area contributed by atoms with E-state index < -0.39 is 12.0 Å². The third kappa shape index (κ3) is 5.43. The van der Waals surface area contributed by atoms with Crippen molar-refractivity contribution in [1.82, 2.24) is 10.2 Å². The number of hydrogen-bond donors (Lipinski definition) is 1. The van der Waals surface area contributed by atoms with Gasteiger partial charge in [-0.1, -0.05) is 12.1 Å². The van der Waals surface area contributed by atoms with Gasteiger partial charge in [-0.05, 0) is 67.1 Å². The Morgan fingerprint density at radius 3 is 2.34 bits per heavy atom. The maximum absolute atomic E-state index is 13.8. The number of fused-ring (bicyclic) bond motifs is 1. The van der Waals surface area contributed by atoms with Crippen molar-refractivity contribution in [3.8, 4) is 23.0 Å². The molecule has 2 heterocycles. The molecule has 2 atom stereocenters. The van der Waals surface area contributed by atoms with E-state index in [0.29, 0.717) is 60.3 Å². The van der Waals surface area contributed by atoms with Crippen molar-refractivity contribution >= 4 is 23.2 Å². The van der Waals surface area contributed by atoms with Gasteiger partial charge in [0.25, 0.3) is 5.91 Å². The predicted octanol–water partition coefficient (Wildman–Crippen LogP) is 4.83. The molecule has 202 valence electrons. The summed E-state index contributed by atoms with van der Waals surface area (Å²) in [6.07, 6.45) is 0.613. The molecular formula is C29H34N2O6S. The van der Waals surface area contributed by atoms with Crippen LogP contribution in [0.3, 0.4) is 0 Å². The van der Waals surface area contributed by atoms with Gasteiger partial charge in [-0.2, -0.15) is 0 Å². The van der Waals surface area contributed by atoms with Crippen LogP contribution in [0.5, 0.6) is 23.0 Å². The molecule has 1 aliphatic rings. The Labute approximate surface area is 227 Å². The number of benzene rings is 2. The Morgan fingerprint density at radius 2 is 1.68 bits per heavy atom. The summed E-state index contributed by atoms with van der Waals surface area (Å²) >= 11 is 1.53. The number of ether oxygens (including phenoxy) is 4. The molecule has 1 N–H and O–H groups in total. The number of carbonyl (C=O) groups is 2. The molecule has 9 heteroatoms. The summed E-state index contributed by atoms with van der Waals surface area (Å²) in [4.78, 5) is 29.8. The van der Waals surface area contributed by atoms with E-state index in [0.717, 1.165) is 10.4 Å². The van der Waals surface area contributed by atoms with Crippen molar-refractivity contribution in [3.63, 3.8) is 0 Å². The Bertz CT molecular complexity index is 1280. The third-order valence-corrected chi connectivity index (χ3v) is 7.56. The highest BCUT2D eigenvalue weighted by atomic mass is 32.1. The summed E-state index contributed by atoms with van der Waals surface area (Å²) in [5, 5.41) is 5.06. The second kappa shape index (κ2) is 12.2. The largest absolute Gasteiger partial charge is 0.493 e. The minimum absolute atomic E-state index is 0.160. The highest BCUT2D eigenvalue weighted by molar-refractivity contribution is 7.10. The fourth-order valence-electron chi connectivity index (χ4n) is 4.84. The number of carbonyl (C=O) groups excluding carboxylic acids is 2. The second-order valence-electron chi connectivity index (χ2n) is 8.84. The molecule has 38 heavy (non-hydrogen) atoms. The second-order valence-corrected chi connectivity index (χ2v) is 9.82. The minimum atomic E-state index is -0.620. The summed E-state index contributed by atoms with van der Waals surface area (Å²) in [7, 11) is 4.81. The fourth-order valence-corrected chi connectivity index (χ4v) is 5.74. The van der Waals surface area contributed by atoms with Crippen LogP contribution in [0, 0.1) is 0 Å². The Balaban J connectivity index is 1.61. The molecule has 2 unspecified atom stereocenters. The first-order valence-corrected chi connectivity index (χ1v) is 13.5. The van der Waals surface area contributed by atoms with Gasteiger partial charge in [0.2, 0.25) is 5.91 Å². The summed E-state index contributed by atoms with van der Waals surface area (Å²) in [5.74, 6) is 1.38. The van der Waals surface area contributed by atoms with E-state index in [9.17, 15) is 9.59 Å². The van der Waals surface area contributed by atoms with Gasteiger partial charge in [0.1, 0.15) is 0 Å². The molecule has 1 aliphatic heterocycles. The molecule has 3 aromatic rings. The average molecular weight is 539 g/mol. The lowest BCUT2D eigenvalue weighted by molar-refractivity contribution is -0.124. The number of amides is 2. The maximum atomic E-state index is 13.8. The van der Waals surface area contributed by atoms with E-state index in [-0.39, 0.29) is 11.8 Å². The minimum Gasteiger partial charge on any atom is -0.493 e. The quantitative estimate of drug-likeness (QED) is 0.376. The number of rotatable bonds is 11. The SMILES string of the molecule is CCOc1ccc(CCNC(=O)C2c3cc(OC)c(OC)cc3C(=O)N(C)C2c2cccs2)cc1OCC. The van der Waals surface area contributed by atoms with Crippen LogP contribution < -0.4 is 24.3 Å². The van der Waals surface area contributed by atoms with E-state index in [1.54, 1.807) is 31.2 Å². The summed E-state index contributed by atoms with van der Waals surface area (Å²) in [5.41, 5.74) is 2.09. The Morgan fingerprint density at radius 1 is 0.974 bits per heavy atom. The summed E-state index contributed by atoms with van der Waals surface area (Å²) in [6.45, 7) is 5.37. The van der Waals surface area contributed by atoms with Gasteiger partial charge in [-0.25, -0.2) is 0 Å². The lowest BCUT2D eigenvalue weighted by Gasteiger charge is -2.39. The number of likely N-dealkylation sites (N-methyl/N-ethyl adjacent to an activating group) is 1. The predicted molar refractivity (Wildman–Crippen MR) is 147 cm³/mol. The normalized spacial score (nSPS) is 16.6. The van der Waals surface area contributed by atoms with Crippen LogP contribution in [0.25, 0.3) is 0 Å². The number of thiophene rings is 1. The van der Waals surface area contributed by atoms with Gasteiger partial charge in [0.05, 0.1) is 39.4 Å². The van der Waals surface area contributed by atoms with Gasteiger partial charge in [-0.3, -0.25) is 9.59 Å². The molecule has 0 spiro atoms. The topological polar surface area (TPSA) is 86.3 Å². The monoisotopic (exact) mass is 538 g/mol. The van der Waals surface area contributed by atoms with E-state index >= 15 is 0 Å². The highest BCUT2D eigenvalue weighted by Gasteiger charge is 2.44. The molecule has 0 fully saturated rings. The molecule has 4 rings (SSSR count). The van der Waals surface area contributed by atoms with Crippen molar-refractivity contribution in [2.45, 2.75) is 32.2 Å². The van der Waals surface area contributed by atoms with Crippen molar-refractivity contribution in [3.05, 3.63) is 69.4 Å². The number of nitrogens with zero attached hydrogens (tertiary/aromatic N) is 1. The first-order chi connectivity index (χ1) is 18.4. The lowest BCUT2D eigenvalue weighted by Crippen LogP contribution is -2.45. The molecule has 0 radical (unpaired) electrons. The number of nitrogens with one attached hydrogen (secondary N) is 1. The maximum Gasteiger partial charge on any atom is 0.254 e. The van der Waals surface area contributed by atoms with E-state index in [2.05, 4.69) is 5.32 Å². The van der Waals surface area contributed by atoms with E-state index in [1.165, 1.54) is 18.4 Å². The Kier molecular flexibility index (Phi) is 8.78. The number of methoxy groups -OCH3 is 2. The molecule has 8 nitrogen and oxygen atoms in total. The third-order valence-electron chi connectivity index (χ3n) is 6.61. The van der Waals surface area contributed by atoms with Crippen LogP contribution in [-0.4, -0.2) is 57.7 Å². The van der Waals surface area contributed by atoms with Crippen molar-refractivity contribution in [2.75, 3.05) is 41.0 Å². The zero-order valence-electron chi connectivity index (χ0n) is 22.4. The van der Waals surface area contributed by atoms with Crippen LogP contribution >= 0.6 is 11.3 Å². The lowest BCUT2D eigenvalue weighted by atomic mass is 9.81. The average Bonchev–Trinajstić information content (AvgIpc) is 3.46. The zero-order chi connectivity index (χ0) is 27.2. The van der Waals surface area contributed by atoms with E-state index in [4.69, 9.17) is 18.9 Å². The fraction of sp³-hybridized carbons (Fsp3) is 0.379. The molecule has 0 saturated carbocycles. The number of hydrogen-bond acceptors (Lipinski definition) is 7. The molecule has 0 aliphatic carbocycles. The molecular weight excluding hydrogens is 504 g/mol. The van der Waals surface area contributed by atoms with Crippen LogP contribution in [0.1, 0.15) is 52.2 Å². The Hall–Kier alpha value is -3.72. The summed E-state index contributed by atoms with van der Waals surface area (Å²) < 4.78 is 22.3. The van der Waals surface area contributed by atoms with Crippen molar-refractivity contribution in [1.29, 1.82) is 0 Å². The molecule has 0 saturated heterocycles. The van der Waals surface area contributed by atoms with Gasteiger partial charge in [0.15, 0.2) is 23.0 Å². The standard InChI is InChI=1S/C29H34N2O6S/c1-6-36-21-11-10-18(15-24(21)37-7-2)12-13-30-28(32)26-19-16-22(34-4)23(35-5)17-20(19)29(33)31(3)27(26)25-9-8-14-38-25/h8-11,14-17,26-27H,6-7,12-13H2,1-5H3,(H,30,32). The van der Waals surface area contributed by atoms with E-state index in [1.807, 2.05) is 49.6 Å². The molecule has 2 amide bonds. The van der Waals surface area contributed by atoms with Gasteiger partial charge < -0.3 is 29.2 Å². The van der Waals surface area contributed by atoms with Gasteiger partial charge in [0, 0.05) is 24.0 Å². The summed E-state index contributed by atoms with van der Waals surface area (Å²) in [6, 6.07) is 12.7. The van der Waals surface area contributed by atoms with Gasteiger partial charge >= 0.3 is 0 Å². The van der Waals surface area contributed by atoms with Crippen LogP contribution in [0.15, 0.2) is 47.8 Å². The molecule has 2 aromatic carbocycles. The molecule has 0 bridgehead atoms. The first-order valence-electron chi connectivity index (χ1n) is 12.7. The van der Waals surface area contributed by atoms with Gasteiger partial charge in [-0.15, -0.1) is 11.3 Å².